The molecule has 0 saturated heterocycles. The van der Waals surface area contributed by atoms with Gasteiger partial charge in [0.1, 0.15) is 0 Å². The van der Waals surface area contributed by atoms with E-state index in [9.17, 15) is 4.79 Å². The number of carbonyl (C=O) groups is 1. The summed E-state index contributed by atoms with van der Waals surface area (Å²) < 4.78 is 1.06. The van der Waals surface area contributed by atoms with Gasteiger partial charge in [-0.15, -0.1) is 0 Å². The Bertz CT molecular complexity index is 431. The second-order valence-electron chi connectivity index (χ2n) is 4.84. The quantitative estimate of drug-likeness (QED) is 0.811. The lowest BCUT2D eigenvalue weighted by atomic mass is 9.88. The molecule has 0 heterocycles. The molecule has 0 saturated carbocycles. The SMILES string of the molecule is CC1CC=C(C(=O)Cc2ccc(Br)cc2)CC1. The molecule has 0 fully saturated rings. The van der Waals surface area contributed by atoms with Crippen LogP contribution in [0.3, 0.4) is 0 Å². The second-order valence-corrected chi connectivity index (χ2v) is 5.75. The average molecular weight is 293 g/mol. The van der Waals surface area contributed by atoms with Gasteiger partial charge in [-0.1, -0.05) is 41.1 Å². The molecule has 1 nitrogen and oxygen atoms in total. The predicted molar refractivity (Wildman–Crippen MR) is 74.0 cm³/mol. The first kappa shape index (κ1) is 12.6. The van der Waals surface area contributed by atoms with Gasteiger partial charge >= 0.3 is 0 Å². The lowest BCUT2D eigenvalue weighted by Gasteiger charge is -2.17. The molecular weight excluding hydrogens is 276 g/mol. The van der Waals surface area contributed by atoms with Gasteiger partial charge in [0, 0.05) is 10.9 Å². The third-order valence-electron chi connectivity index (χ3n) is 3.31. The fourth-order valence-electron chi connectivity index (χ4n) is 2.12. The summed E-state index contributed by atoms with van der Waals surface area (Å²) in [6.45, 7) is 2.24. The number of rotatable bonds is 3. The van der Waals surface area contributed by atoms with Crippen LogP contribution in [0.15, 0.2) is 40.4 Å². The number of hydrogen-bond acceptors (Lipinski definition) is 1. The predicted octanol–water partition coefficient (Wildman–Crippen LogP) is 4.31. The molecule has 0 N–H and O–H groups in total. The molecule has 0 bridgehead atoms. The van der Waals surface area contributed by atoms with Crippen LogP contribution in [-0.4, -0.2) is 5.78 Å². The van der Waals surface area contributed by atoms with Gasteiger partial charge in [-0.05, 0) is 48.4 Å². The topological polar surface area (TPSA) is 17.1 Å². The Morgan fingerprint density at radius 2 is 2.06 bits per heavy atom. The van der Waals surface area contributed by atoms with Crippen LogP contribution in [0.1, 0.15) is 31.7 Å². The molecular formula is C15H17BrO. The lowest BCUT2D eigenvalue weighted by molar-refractivity contribution is -0.115. The van der Waals surface area contributed by atoms with Crippen molar-refractivity contribution in [1.82, 2.24) is 0 Å². The van der Waals surface area contributed by atoms with Gasteiger partial charge in [0.25, 0.3) is 0 Å². The highest BCUT2D eigenvalue weighted by Crippen LogP contribution is 2.24. The van der Waals surface area contributed by atoms with Crippen molar-refractivity contribution in [3.63, 3.8) is 0 Å². The summed E-state index contributed by atoms with van der Waals surface area (Å²) in [5, 5.41) is 0. The number of Topliss-reactive ketones (excluding diaryl/α,β-unsaturated/α-hetero) is 1. The maximum Gasteiger partial charge on any atom is 0.162 e. The van der Waals surface area contributed by atoms with Crippen LogP contribution in [0.25, 0.3) is 0 Å². The van der Waals surface area contributed by atoms with E-state index in [0.29, 0.717) is 12.2 Å². The normalized spacial score (nSPS) is 19.9. The van der Waals surface area contributed by atoms with Crippen molar-refractivity contribution in [1.29, 1.82) is 0 Å². The van der Waals surface area contributed by atoms with E-state index in [0.717, 1.165) is 40.8 Å². The second kappa shape index (κ2) is 5.63. The van der Waals surface area contributed by atoms with E-state index in [4.69, 9.17) is 0 Å². The smallest absolute Gasteiger partial charge is 0.162 e. The van der Waals surface area contributed by atoms with Crippen molar-refractivity contribution in [3.8, 4) is 0 Å². The highest BCUT2D eigenvalue weighted by atomic mass is 79.9. The van der Waals surface area contributed by atoms with Gasteiger partial charge in [0.05, 0.1) is 0 Å². The molecule has 17 heavy (non-hydrogen) atoms. The van der Waals surface area contributed by atoms with E-state index in [-0.39, 0.29) is 0 Å². The number of allylic oxidation sites excluding steroid dienone is 2. The Morgan fingerprint density at radius 3 is 2.65 bits per heavy atom. The minimum absolute atomic E-state index is 0.291. The Labute approximate surface area is 111 Å². The molecule has 2 heteroatoms. The molecule has 0 spiro atoms. The molecule has 1 aliphatic carbocycles. The van der Waals surface area contributed by atoms with E-state index in [1.54, 1.807) is 0 Å². The minimum atomic E-state index is 0.291. The van der Waals surface area contributed by atoms with Crippen molar-refractivity contribution in [2.45, 2.75) is 32.6 Å². The number of carbonyl (C=O) groups excluding carboxylic acids is 1. The maximum atomic E-state index is 12.1. The van der Waals surface area contributed by atoms with E-state index in [1.807, 2.05) is 24.3 Å². The molecule has 1 atom stereocenters. The fourth-order valence-corrected chi connectivity index (χ4v) is 2.38. The van der Waals surface area contributed by atoms with Crippen LogP contribution >= 0.6 is 15.9 Å². The third kappa shape index (κ3) is 3.53. The van der Waals surface area contributed by atoms with Crippen LogP contribution in [0.5, 0.6) is 0 Å². The molecule has 1 aliphatic rings. The van der Waals surface area contributed by atoms with Gasteiger partial charge < -0.3 is 0 Å². The van der Waals surface area contributed by atoms with Crippen LogP contribution in [-0.2, 0) is 11.2 Å². The third-order valence-corrected chi connectivity index (χ3v) is 3.84. The molecule has 0 aliphatic heterocycles. The van der Waals surface area contributed by atoms with Crippen LogP contribution < -0.4 is 0 Å². The lowest BCUT2D eigenvalue weighted by Crippen LogP contribution is -2.11. The van der Waals surface area contributed by atoms with Crippen molar-refractivity contribution in [2.24, 2.45) is 5.92 Å². The standard InChI is InChI=1S/C15H17BrO/c1-11-2-6-13(7-3-11)15(17)10-12-4-8-14(16)9-5-12/h4-6,8-9,11H,2-3,7,10H2,1H3. The van der Waals surface area contributed by atoms with Gasteiger partial charge in [-0.2, -0.15) is 0 Å². The van der Waals surface area contributed by atoms with Crippen LogP contribution in [0.4, 0.5) is 0 Å². The van der Waals surface area contributed by atoms with E-state index < -0.39 is 0 Å². The zero-order valence-electron chi connectivity index (χ0n) is 10.1. The van der Waals surface area contributed by atoms with Crippen LogP contribution in [0, 0.1) is 5.92 Å². The summed E-state index contributed by atoms with van der Waals surface area (Å²) in [5.41, 5.74) is 2.13. The Hall–Kier alpha value is -0.890. The number of benzene rings is 1. The van der Waals surface area contributed by atoms with Crippen molar-refractivity contribution in [2.75, 3.05) is 0 Å². The fraction of sp³-hybridized carbons (Fsp3) is 0.400. The van der Waals surface area contributed by atoms with Crippen molar-refractivity contribution in [3.05, 3.63) is 46.0 Å². The van der Waals surface area contributed by atoms with Gasteiger partial charge in [0.2, 0.25) is 0 Å². The summed E-state index contributed by atoms with van der Waals surface area (Å²) >= 11 is 3.40. The van der Waals surface area contributed by atoms with E-state index >= 15 is 0 Å². The minimum Gasteiger partial charge on any atom is -0.294 e. The molecule has 0 radical (unpaired) electrons. The first-order valence-electron chi connectivity index (χ1n) is 6.12. The molecule has 2 rings (SSSR count). The summed E-state index contributed by atoms with van der Waals surface area (Å²) in [4.78, 5) is 12.1. The molecule has 1 aromatic carbocycles. The first-order valence-corrected chi connectivity index (χ1v) is 6.91. The highest BCUT2D eigenvalue weighted by Gasteiger charge is 2.16. The monoisotopic (exact) mass is 292 g/mol. The summed E-state index contributed by atoms with van der Waals surface area (Å²) in [6, 6.07) is 7.99. The zero-order valence-corrected chi connectivity index (χ0v) is 11.7. The molecule has 1 unspecified atom stereocenters. The summed E-state index contributed by atoms with van der Waals surface area (Å²) in [5.74, 6) is 1.03. The van der Waals surface area contributed by atoms with Crippen molar-refractivity contribution >= 4 is 21.7 Å². The Morgan fingerprint density at radius 1 is 1.35 bits per heavy atom. The van der Waals surface area contributed by atoms with E-state index in [1.165, 1.54) is 0 Å². The molecule has 0 aromatic heterocycles. The summed E-state index contributed by atoms with van der Waals surface area (Å²) in [6.07, 6.45) is 5.83. The number of hydrogen-bond donors (Lipinski definition) is 0. The van der Waals surface area contributed by atoms with Gasteiger partial charge in [0.15, 0.2) is 5.78 Å². The number of halogens is 1. The van der Waals surface area contributed by atoms with E-state index in [2.05, 4.69) is 28.9 Å². The highest BCUT2D eigenvalue weighted by molar-refractivity contribution is 9.10. The van der Waals surface area contributed by atoms with Crippen LogP contribution in [0.2, 0.25) is 0 Å². The average Bonchev–Trinajstić information content (AvgIpc) is 2.33. The molecule has 1 aromatic rings. The summed E-state index contributed by atoms with van der Waals surface area (Å²) in [7, 11) is 0. The maximum absolute atomic E-state index is 12.1. The Balaban J connectivity index is 2.00. The van der Waals surface area contributed by atoms with Gasteiger partial charge in [-0.3, -0.25) is 4.79 Å². The first-order chi connectivity index (χ1) is 8.15. The molecule has 0 amide bonds. The molecule has 90 valence electrons. The zero-order chi connectivity index (χ0) is 12.3. The van der Waals surface area contributed by atoms with Crippen molar-refractivity contribution < 1.29 is 4.79 Å². The largest absolute Gasteiger partial charge is 0.294 e. The van der Waals surface area contributed by atoms with Gasteiger partial charge in [-0.25, -0.2) is 0 Å². The Kier molecular flexibility index (Phi) is 4.16. The number of ketones is 1.